The molecular formula is C24H18F3N3O2. The van der Waals surface area contributed by atoms with Crippen LogP contribution in [0.1, 0.15) is 23.1 Å². The number of anilines is 1. The summed E-state index contributed by atoms with van der Waals surface area (Å²) >= 11 is 0. The average Bonchev–Trinajstić information content (AvgIpc) is 3.38. The van der Waals surface area contributed by atoms with Crippen molar-refractivity contribution in [3.8, 4) is 0 Å². The van der Waals surface area contributed by atoms with Gasteiger partial charge in [0, 0.05) is 30.3 Å². The van der Waals surface area contributed by atoms with Gasteiger partial charge < -0.3 is 14.6 Å². The van der Waals surface area contributed by atoms with E-state index in [1.54, 1.807) is 42.5 Å². The molecule has 3 atom stereocenters. The topological polar surface area (TPSA) is 58.2 Å². The van der Waals surface area contributed by atoms with Crippen LogP contribution in [0.25, 0.3) is 11.0 Å². The second kappa shape index (κ2) is 7.80. The summed E-state index contributed by atoms with van der Waals surface area (Å²) in [4.78, 5) is 22.0. The molecule has 0 bridgehead atoms. The Labute approximate surface area is 181 Å². The van der Waals surface area contributed by atoms with E-state index in [1.165, 1.54) is 18.3 Å². The number of imidazole rings is 1. The molecule has 5 rings (SSSR count). The number of hydrogen-bond donors (Lipinski definition) is 1. The van der Waals surface area contributed by atoms with Gasteiger partial charge in [0.25, 0.3) is 5.91 Å². The minimum absolute atomic E-state index is 0.256. The lowest BCUT2D eigenvalue weighted by molar-refractivity contribution is -0.126. The van der Waals surface area contributed by atoms with Gasteiger partial charge in [-0.1, -0.05) is 30.3 Å². The molecule has 0 aliphatic carbocycles. The molecule has 0 saturated carbocycles. The zero-order valence-electron chi connectivity index (χ0n) is 16.9. The maximum absolute atomic E-state index is 15.0. The van der Waals surface area contributed by atoms with Crippen LogP contribution in [0.2, 0.25) is 0 Å². The first-order chi connectivity index (χ1) is 15.5. The Morgan fingerprint density at radius 1 is 1.03 bits per heavy atom. The molecule has 3 aromatic carbocycles. The molecule has 1 fully saturated rings. The molecule has 162 valence electrons. The molecule has 32 heavy (non-hydrogen) atoms. The Hall–Kier alpha value is -3.65. The highest BCUT2D eigenvalue weighted by Gasteiger charge is 2.51. The quantitative estimate of drug-likeness (QED) is 0.464. The number of methoxy groups -OCH3 is 1. The van der Waals surface area contributed by atoms with Gasteiger partial charge in [0.2, 0.25) is 0 Å². The smallest absolute Gasteiger partial charge is 0.257 e. The highest BCUT2D eigenvalue weighted by atomic mass is 19.2. The molecule has 1 aromatic heterocycles. The number of carbonyl (C=O) groups is 1. The summed E-state index contributed by atoms with van der Waals surface area (Å²) in [6.07, 6.45) is 0.537. The molecule has 0 radical (unpaired) electrons. The summed E-state index contributed by atoms with van der Waals surface area (Å²) < 4.78 is 49.0. The normalized spacial score (nSPS) is 20.9. The third kappa shape index (κ3) is 3.15. The van der Waals surface area contributed by atoms with Crippen molar-refractivity contribution in [1.29, 1.82) is 0 Å². The van der Waals surface area contributed by atoms with Gasteiger partial charge in [-0.2, -0.15) is 0 Å². The molecule has 1 amide bonds. The van der Waals surface area contributed by atoms with Gasteiger partial charge in [0.15, 0.2) is 11.6 Å². The Balaban J connectivity index is 1.76. The van der Waals surface area contributed by atoms with Crippen molar-refractivity contribution in [3.63, 3.8) is 0 Å². The molecule has 1 N–H and O–H groups in total. The number of fused-ring (bicyclic) bond motifs is 1. The second-order valence-corrected chi connectivity index (χ2v) is 7.64. The Morgan fingerprint density at radius 2 is 1.81 bits per heavy atom. The SMILES string of the molecule is COC1C(=O)N(c2ccc3nc[nH]c3c2)C(c2cc(F)cc(F)c2F)[C@H]1c1ccccc1. The van der Waals surface area contributed by atoms with Gasteiger partial charge in [-0.3, -0.25) is 4.79 Å². The van der Waals surface area contributed by atoms with Crippen molar-refractivity contribution in [2.24, 2.45) is 0 Å². The van der Waals surface area contributed by atoms with Crippen molar-refractivity contribution in [1.82, 2.24) is 9.97 Å². The predicted molar refractivity (Wildman–Crippen MR) is 113 cm³/mol. The number of nitrogens with one attached hydrogen (secondary N) is 1. The van der Waals surface area contributed by atoms with Gasteiger partial charge in [0.1, 0.15) is 11.9 Å². The third-order valence-corrected chi connectivity index (χ3v) is 5.89. The fraction of sp³-hybridized carbons (Fsp3) is 0.167. The number of ether oxygens (including phenoxy) is 1. The van der Waals surface area contributed by atoms with Crippen molar-refractivity contribution in [2.75, 3.05) is 12.0 Å². The van der Waals surface area contributed by atoms with E-state index >= 15 is 4.39 Å². The molecule has 2 unspecified atom stereocenters. The summed E-state index contributed by atoms with van der Waals surface area (Å²) in [5.41, 5.74) is 2.21. The number of aromatic amines is 1. The zero-order valence-corrected chi connectivity index (χ0v) is 16.9. The minimum Gasteiger partial charge on any atom is -0.371 e. The molecule has 4 aromatic rings. The van der Waals surface area contributed by atoms with Crippen LogP contribution in [0.4, 0.5) is 18.9 Å². The van der Waals surface area contributed by atoms with E-state index < -0.39 is 41.4 Å². The van der Waals surface area contributed by atoms with Gasteiger partial charge in [-0.15, -0.1) is 0 Å². The first-order valence-electron chi connectivity index (χ1n) is 9.98. The molecule has 0 spiro atoms. The number of nitrogens with zero attached hydrogens (tertiary/aromatic N) is 2. The number of rotatable bonds is 4. The van der Waals surface area contributed by atoms with E-state index in [9.17, 15) is 13.6 Å². The number of benzene rings is 3. The van der Waals surface area contributed by atoms with E-state index in [-0.39, 0.29) is 5.56 Å². The lowest BCUT2D eigenvalue weighted by atomic mass is 9.85. The van der Waals surface area contributed by atoms with Crippen molar-refractivity contribution >= 4 is 22.6 Å². The monoisotopic (exact) mass is 437 g/mol. The summed E-state index contributed by atoms with van der Waals surface area (Å²) in [5, 5.41) is 0. The highest BCUT2D eigenvalue weighted by molar-refractivity contribution is 6.02. The van der Waals surface area contributed by atoms with Gasteiger partial charge in [-0.25, -0.2) is 18.2 Å². The van der Waals surface area contributed by atoms with E-state index in [4.69, 9.17) is 4.74 Å². The molecular weight excluding hydrogens is 419 g/mol. The number of H-pyrrole nitrogens is 1. The Morgan fingerprint density at radius 3 is 2.56 bits per heavy atom. The largest absolute Gasteiger partial charge is 0.371 e. The van der Waals surface area contributed by atoms with Crippen LogP contribution in [0.3, 0.4) is 0 Å². The van der Waals surface area contributed by atoms with Crippen LogP contribution >= 0.6 is 0 Å². The molecule has 1 aliphatic rings. The molecule has 1 aliphatic heterocycles. The number of halogens is 3. The van der Waals surface area contributed by atoms with E-state index in [0.29, 0.717) is 28.4 Å². The van der Waals surface area contributed by atoms with Crippen LogP contribution in [0, 0.1) is 17.5 Å². The first-order valence-corrected chi connectivity index (χ1v) is 9.98. The van der Waals surface area contributed by atoms with Gasteiger partial charge in [-0.05, 0) is 29.8 Å². The molecule has 1 saturated heterocycles. The summed E-state index contributed by atoms with van der Waals surface area (Å²) in [5.74, 6) is -4.59. The standard InChI is InChI=1S/C24H18F3N3O2/c1-32-23-20(13-5-3-2-4-6-13)22(16-9-14(25)10-17(26)21(16)27)30(24(23)31)15-7-8-18-19(11-15)29-12-28-18/h2-12,20,22-23H,1H3,(H,28,29)/t20-,22?,23?/m1/s1. The first kappa shape index (κ1) is 20.3. The van der Waals surface area contributed by atoms with Gasteiger partial charge in [0.05, 0.1) is 23.4 Å². The zero-order chi connectivity index (χ0) is 22.4. The molecule has 8 heteroatoms. The van der Waals surface area contributed by atoms with Crippen molar-refractivity contribution < 1.29 is 22.7 Å². The van der Waals surface area contributed by atoms with Crippen LogP contribution in [0.5, 0.6) is 0 Å². The van der Waals surface area contributed by atoms with Gasteiger partial charge >= 0.3 is 0 Å². The van der Waals surface area contributed by atoms with E-state index in [0.717, 1.165) is 6.07 Å². The van der Waals surface area contributed by atoms with E-state index in [2.05, 4.69) is 9.97 Å². The van der Waals surface area contributed by atoms with E-state index in [1.807, 2.05) is 6.07 Å². The summed E-state index contributed by atoms with van der Waals surface area (Å²) in [6, 6.07) is 14.4. The molecule has 2 heterocycles. The van der Waals surface area contributed by atoms with Crippen LogP contribution in [-0.4, -0.2) is 29.1 Å². The second-order valence-electron chi connectivity index (χ2n) is 7.64. The molecule has 5 nitrogen and oxygen atoms in total. The van der Waals surface area contributed by atoms with Crippen LogP contribution < -0.4 is 4.90 Å². The number of carbonyl (C=O) groups excluding carboxylic acids is 1. The fourth-order valence-corrected chi connectivity index (χ4v) is 4.52. The Bertz CT molecular complexity index is 1310. The summed E-state index contributed by atoms with van der Waals surface area (Å²) in [6.45, 7) is 0. The number of aromatic nitrogens is 2. The highest BCUT2D eigenvalue weighted by Crippen LogP contribution is 2.49. The predicted octanol–water partition coefficient (Wildman–Crippen LogP) is 4.87. The number of amides is 1. The summed E-state index contributed by atoms with van der Waals surface area (Å²) in [7, 11) is 1.39. The lowest BCUT2D eigenvalue weighted by Crippen LogP contribution is -2.32. The number of hydrogen-bond acceptors (Lipinski definition) is 3. The average molecular weight is 437 g/mol. The van der Waals surface area contributed by atoms with Crippen molar-refractivity contribution in [3.05, 3.63) is 95.6 Å². The van der Waals surface area contributed by atoms with Crippen molar-refractivity contribution in [2.45, 2.75) is 18.1 Å². The third-order valence-electron chi connectivity index (χ3n) is 5.89. The maximum atomic E-state index is 15.0. The maximum Gasteiger partial charge on any atom is 0.257 e. The van der Waals surface area contributed by atoms with Crippen LogP contribution in [0.15, 0.2) is 67.0 Å². The minimum atomic E-state index is -1.32. The Kier molecular flexibility index (Phi) is 4.94. The lowest BCUT2D eigenvalue weighted by Gasteiger charge is -2.29. The van der Waals surface area contributed by atoms with Crippen LogP contribution in [-0.2, 0) is 9.53 Å². The fourth-order valence-electron chi connectivity index (χ4n) is 4.52.